The van der Waals surface area contributed by atoms with Crippen molar-refractivity contribution in [2.45, 2.75) is 45.7 Å². The van der Waals surface area contributed by atoms with Crippen LogP contribution in [-0.2, 0) is 13.0 Å². The van der Waals surface area contributed by atoms with Gasteiger partial charge in [-0.25, -0.2) is 4.98 Å². The summed E-state index contributed by atoms with van der Waals surface area (Å²) in [6.07, 6.45) is 6.89. The second-order valence-electron chi connectivity index (χ2n) is 4.95. The van der Waals surface area contributed by atoms with Gasteiger partial charge in [-0.05, 0) is 25.0 Å². The zero-order valence-corrected chi connectivity index (χ0v) is 12.7. The standard InChI is InChI=1S/C15H21ClN4/c1-3-4-7-14-19-13(15(16)20-14)10-18-11(2)12-6-5-8-17-9-12/h5-6,8-9,11,18H,3-4,7,10H2,1-2H3,(H,19,20)/t11-/m0/s1. The molecule has 0 bridgehead atoms. The van der Waals surface area contributed by atoms with Crippen molar-refractivity contribution in [3.63, 3.8) is 0 Å². The lowest BCUT2D eigenvalue weighted by Gasteiger charge is -2.12. The molecule has 0 saturated carbocycles. The summed E-state index contributed by atoms with van der Waals surface area (Å²) in [4.78, 5) is 11.8. The van der Waals surface area contributed by atoms with Gasteiger partial charge in [-0.15, -0.1) is 0 Å². The quantitative estimate of drug-likeness (QED) is 0.819. The molecule has 0 saturated heterocycles. The highest BCUT2D eigenvalue weighted by molar-refractivity contribution is 6.30. The molecule has 20 heavy (non-hydrogen) atoms. The van der Waals surface area contributed by atoms with Crippen molar-refractivity contribution in [1.29, 1.82) is 0 Å². The van der Waals surface area contributed by atoms with E-state index in [1.54, 1.807) is 6.20 Å². The maximum absolute atomic E-state index is 6.16. The van der Waals surface area contributed by atoms with E-state index in [2.05, 4.69) is 40.2 Å². The molecule has 0 spiro atoms. The van der Waals surface area contributed by atoms with Gasteiger partial charge in [0.05, 0.1) is 5.69 Å². The third-order valence-electron chi connectivity index (χ3n) is 3.31. The predicted octanol–water partition coefficient (Wildman–Crippen LogP) is 3.65. The molecule has 0 aliphatic heterocycles. The molecule has 2 aromatic rings. The molecule has 5 heteroatoms. The smallest absolute Gasteiger partial charge is 0.151 e. The first-order valence-electron chi connectivity index (χ1n) is 7.07. The number of hydrogen-bond donors (Lipinski definition) is 2. The van der Waals surface area contributed by atoms with Crippen LogP contribution in [0.15, 0.2) is 24.5 Å². The number of imidazole rings is 1. The second kappa shape index (κ2) is 7.41. The third kappa shape index (κ3) is 4.05. The predicted molar refractivity (Wildman–Crippen MR) is 81.7 cm³/mol. The Hall–Kier alpha value is -1.39. The molecular weight excluding hydrogens is 272 g/mol. The Kier molecular flexibility index (Phi) is 5.56. The number of pyridine rings is 1. The molecule has 2 rings (SSSR count). The first-order valence-corrected chi connectivity index (χ1v) is 7.45. The van der Waals surface area contributed by atoms with Gasteiger partial charge in [0.2, 0.25) is 0 Å². The molecule has 4 nitrogen and oxygen atoms in total. The summed E-state index contributed by atoms with van der Waals surface area (Å²) >= 11 is 6.16. The van der Waals surface area contributed by atoms with Gasteiger partial charge in [0.25, 0.3) is 0 Å². The van der Waals surface area contributed by atoms with E-state index in [9.17, 15) is 0 Å². The number of aryl methyl sites for hydroxylation is 1. The molecule has 2 N–H and O–H groups in total. The Labute approximate surface area is 125 Å². The van der Waals surface area contributed by atoms with Crippen LogP contribution in [0.5, 0.6) is 0 Å². The van der Waals surface area contributed by atoms with Crippen LogP contribution in [0.2, 0.25) is 5.15 Å². The van der Waals surface area contributed by atoms with Crippen molar-refractivity contribution in [2.75, 3.05) is 0 Å². The molecule has 0 fully saturated rings. The van der Waals surface area contributed by atoms with E-state index >= 15 is 0 Å². The minimum Gasteiger partial charge on any atom is -0.344 e. The highest BCUT2D eigenvalue weighted by Crippen LogP contribution is 2.16. The first kappa shape index (κ1) is 15.0. The number of halogens is 1. The van der Waals surface area contributed by atoms with E-state index in [1.165, 1.54) is 0 Å². The van der Waals surface area contributed by atoms with Gasteiger partial charge in [0.1, 0.15) is 5.82 Å². The lowest BCUT2D eigenvalue weighted by atomic mass is 10.1. The second-order valence-corrected chi connectivity index (χ2v) is 5.30. The number of nitrogens with one attached hydrogen (secondary N) is 2. The first-order chi connectivity index (χ1) is 9.70. The maximum atomic E-state index is 6.16. The van der Waals surface area contributed by atoms with Crippen LogP contribution >= 0.6 is 11.6 Å². The van der Waals surface area contributed by atoms with E-state index in [-0.39, 0.29) is 6.04 Å². The fourth-order valence-corrected chi connectivity index (χ4v) is 2.24. The fraction of sp³-hybridized carbons (Fsp3) is 0.467. The molecule has 0 unspecified atom stereocenters. The van der Waals surface area contributed by atoms with Crippen LogP contribution in [-0.4, -0.2) is 15.0 Å². The van der Waals surface area contributed by atoms with Gasteiger partial charge < -0.3 is 10.3 Å². The summed E-state index contributed by atoms with van der Waals surface area (Å²) in [6, 6.07) is 4.23. The lowest BCUT2D eigenvalue weighted by molar-refractivity contribution is 0.566. The van der Waals surface area contributed by atoms with Crippen LogP contribution in [0.1, 0.15) is 49.8 Å². The molecule has 1 atom stereocenters. The number of hydrogen-bond acceptors (Lipinski definition) is 3. The third-order valence-corrected chi connectivity index (χ3v) is 3.63. The topological polar surface area (TPSA) is 53.6 Å². The maximum Gasteiger partial charge on any atom is 0.151 e. The number of rotatable bonds is 7. The fourth-order valence-electron chi connectivity index (χ4n) is 2.02. The van der Waals surface area contributed by atoms with Crippen molar-refractivity contribution in [3.05, 3.63) is 46.8 Å². The Morgan fingerprint density at radius 3 is 3.00 bits per heavy atom. The normalized spacial score (nSPS) is 12.6. The van der Waals surface area contributed by atoms with Gasteiger partial charge >= 0.3 is 0 Å². The minimum atomic E-state index is 0.224. The van der Waals surface area contributed by atoms with Crippen molar-refractivity contribution >= 4 is 11.6 Å². The van der Waals surface area contributed by atoms with E-state index in [4.69, 9.17) is 11.6 Å². The summed E-state index contributed by atoms with van der Waals surface area (Å²) in [5, 5.41) is 4.00. The molecule has 0 aromatic carbocycles. The van der Waals surface area contributed by atoms with E-state index in [0.29, 0.717) is 11.7 Å². The highest BCUT2D eigenvalue weighted by atomic mass is 35.5. The van der Waals surface area contributed by atoms with E-state index < -0.39 is 0 Å². The average molecular weight is 293 g/mol. The summed E-state index contributed by atoms with van der Waals surface area (Å²) in [5.74, 6) is 0.975. The van der Waals surface area contributed by atoms with Crippen molar-refractivity contribution in [1.82, 2.24) is 20.3 Å². The van der Waals surface area contributed by atoms with Crippen molar-refractivity contribution in [2.24, 2.45) is 0 Å². The molecule has 0 radical (unpaired) electrons. The van der Waals surface area contributed by atoms with Gasteiger partial charge in [-0.2, -0.15) is 0 Å². The van der Waals surface area contributed by atoms with E-state index in [0.717, 1.165) is 36.3 Å². The largest absolute Gasteiger partial charge is 0.344 e. The van der Waals surface area contributed by atoms with Crippen molar-refractivity contribution < 1.29 is 0 Å². The molecule has 2 aromatic heterocycles. The number of aromatic amines is 1. The number of nitrogens with zero attached hydrogens (tertiary/aromatic N) is 2. The molecule has 0 aliphatic carbocycles. The minimum absolute atomic E-state index is 0.224. The van der Waals surface area contributed by atoms with Crippen LogP contribution < -0.4 is 5.32 Å². The summed E-state index contributed by atoms with van der Waals surface area (Å²) in [5.41, 5.74) is 2.11. The summed E-state index contributed by atoms with van der Waals surface area (Å²) in [6.45, 7) is 4.95. The SMILES string of the molecule is CCCCc1nc(Cl)c(CN[C@@H](C)c2cccnc2)[nH]1. The number of aromatic nitrogens is 3. The Morgan fingerprint density at radius 2 is 2.30 bits per heavy atom. The van der Waals surface area contributed by atoms with Crippen LogP contribution in [0.25, 0.3) is 0 Å². The van der Waals surface area contributed by atoms with Crippen LogP contribution in [0, 0.1) is 0 Å². The molecular formula is C15H21ClN4. The van der Waals surface area contributed by atoms with Gasteiger partial charge in [-0.3, -0.25) is 4.98 Å². The van der Waals surface area contributed by atoms with Crippen LogP contribution in [0.4, 0.5) is 0 Å². The zero-order chi connectivity index (χ0) is 14.4. The summed E-state index contributed by atoms with van der Waals surface area (Å²) in [7, 11) is 0. The van der Waals surface area contributed by atoms with Gasteiger partial charge in [0.15, 0.2) is 5.15 Å². The highest BCUT2D eigenvalue weighted by Gasteiger charge is 2.10. The molecule has 2 heterocycles. The molecule has 0 amide bonds. The van der Waals surface area contributed by atoms with Gasteiger partial charge in [0, 0.05) is 31.4 Å². The summed E-state index contributed by atoms with van der Waals surface area (Å²) < 4.78 is 0. The average Bonchev–Trinajstić information content (AvgIpc) is 2.83. The van der Waals surface area contributed by atoms with Gasteiger partial charge in [-0.1, -0.05) is 31.0 Å². The Bertz CT molecular complexity index is 524. The number of unbranched alkanes of at least 4 members (excludes halogenated alkanes) is 1. The lowest BCUT2D eigenvalue weighted by Crippen LogP contribution is -2.18. The monoisotopic (exact) mass is 292 g/mol. The Morgan fingerprint density at radius 1 is 1.45 bits per heavy atom. The van der Waals surface area contributed by atoms with E-state index in [1.807, 2.05) is 12.3 Å². The molecule has 108 valence electrons. The van der Waals surface area contributed by atoms with Crippen molar-refractivity contribution in [3.8, 4) is 0 Å². The zero-order valence-electron chi connectivity index (χ0n) is 12.0. The number of H-pyrrole nitrogens is 1. The van der Waals surface area contributed by atoms with Crippen LogP contribution in [0.3, 0.4) is 0 Å². The molecule has 0 aliphatic rings. The Balaban J connectivity index is 1.92.